The Kier molecular flexibility index (Phi) is 5.27. The normalized spacial score (nSPS) is 15.4. The van der Waals surface area contributed by atoms with Crippen LogP contribution in [0.2, 0.25) is 0 Å². The lowest BCUT2D eigenvalue weighted by Crippen LogP contribution is -2.40. The SMILES string of the molecule is COc1cc(NC2CCN(c3cc(C(F)(F)F)nc4ncnn34)CC2)cc(OC)c1. The van der Waals surface area contributed by atoms with E-state index in [1.807, 2.05) is 17.0 Å². The van der Waals surface area contributed by atoms with Crippen molar-refractivity contribution in [3.8, 4) is 11.5 Å². The number of rotatable bonds is 5. The number of hydrogen-bond donors (Lipinski definition) is 1. The Morgan fingerprint density at radius 2 is 1.70 bits per heavy atom. The number of nitrogens with one attached hydrogen (secondary N) is 1. The van der Waals surface area contributed by atoms with E-state index in [1.54, 1.807) is 20.3 Å². The number of piperidine rings is 1. The number of ether oxygens (including phenoxy) is 2. The topological polar surface area (TPSA) is 76.8 Å². The number of nitrogens with zero attached hydrogens (tertiary/aromatic N) is 5. The zero-order valence-electron chi connectivity index (χ0n) is 16.5. The number of methoxy groups -OCH3 is 2. The van der Waals surface area contributed by atoms with Crippen LogP contribution in [0.1, 0.15) is 18.5 Å². The van der Waals surface area contributed by atoms with Gasteiger partial charge in [-0.2, -0.15) is 27.8 Å². The lowest BCUT2D eigenvalue weighted by atomic mass is 10.0. The number of benzene rings is 1. The van der Waals surface area contributed by atoms with E-state index in [1.165, 1.54) is 10.8 Å². The summed E-state index contributed by atoms with van der Waals surface area (Å²) in [6, 6.07) is 6.74. The average Bonchev–Trinajstić information content (AvgIpc) is 3.21. The molecule has 3 heterocycles. The van der Waals surface area contributed by atoms with Crippen LogP contribution < -0.4 is 19.7 Å². The Morgan fingerprint density at radius 1 is 1.03 bits per heavy atom. The first-order valence-corrected chi connectivity index (χ1v) is 9.40. The molecule has 4 rings (SSSR count). The molecule has 11 heteroatoms. The minimum Gasteiger partial charge on any atom is -0.497 e. The first-order valence-electron chi connectivity index (χ1n) is 9.40. The molecule has 8 nitrogen and oxygen atoms in total. The van der Waals surface area contributed by atoms with E-state index >= 15 is 0 Å². The van der Waals surface area contributed by atoms with Crippen LogP contribution in [-0.2, 0) is 6.18 Å². The maximum Gasteiger partial charge on any atom is 0.433 e. The number of hydrogen-bond acceptors (Lipinski definition) is 7. The second-order valence-electron chi connectivity index (χ2n) is 6.98. The van der Waals surface area contributed by atoms with Crippen LogP contribution in [-0.4, -0.2) is 52.9 Å². The van der Waals surface area contributed by atoms with Crippen molar-refractivity contribution in [1.82, 2.24) is 19.6 Å². The number of anilines is 2. The van der Waals surface area contributed by atoms with Crippen LogP contribution in [0.15, 0.2) is 30.6 Å². The Bertz CT molecular complexity index is 1010. The maximum atomic E-state index is 13.2. The van der Waals surface area contributed by atoms with Gasteiger partial charge >= 0.3 is 6.18 Å². The summed E-state index contributed by atoms with van der Waals surface area (Å²) in [6.07, 6.45) is -1.87. The van der Waals surface area contributed by atoms with E-state index in [-0.39, 0.29) is 11.8 Å². The fourth-order valence-electron chi connectivity index (χ4n) is 3.55. The molecule has 0 unspecified atom stereocenters. The fourth-order valence-corrected chi connectivity index (χ4v) is 3.55. The summed E-state index contributed by atoms with van der Waals surface area (Å²) in [5.74, 6) is 1.63. The van der Waals surface area contributed by atoms with Gasteiger partial charge < -0.3 is 19.7 Å². The molecule has 1 N–H and O–H groups in total. The van der Waals surface area contributed by atoms with Crippen LogP contribution in [0, 0.1) is 0 Å². The molecule has 0 aliphatic carbocycles. The molecule has 1 aliphatic rings. The number of aromatic nitrogens is 4. The molecule has 1 aliphatic heterocycles. The number of alkyl halides is 3. The third-order valence-corrected chi connectivity index (χ3v) is 5.06. The van der Waals surface area contributed by atoms with Gasteiger partial charge in [-0.05, 0) is 12.8 Å². The Balaban J connectivity index is 1.50. The van der Waals surface area contributed by atoms with E-state index in [4.69, 9.17) is 9.47 Å². The van der Waals surface area contributed by atoms with Gasteiger partial charge in [-0.3, -0.25) is 0 Å². The summed E-state index contributed by atoms with van der Waals surface area (Å²) >= 11 is 0. The molecule has 0 saturated carbocycles. The summed E-state index contributed by atoms with van der Waals surface area (Å²) in [7, 11) is 3.18. The van der Waals surface area contributed by atoms with Gasteiger partial charge in [0.15, 0.2) is 5.69 Å². The minimum atomic E-state index is -4.55. The Hall–Kier alpha value is -3.24. The van der Waals surface area contributed by atoms with E-state index < -0.39 is 11.9 Å². The van der Waals surface area contributed by atoms with Crippen molar-refractivity contribution in [1.29, 1.82) is 0 Å². The maximum absolute atomic E-state index is 13.2. The number of halogens is 3. The molecule has 0 amide bonds. The Labute approximate surface area is 170 Å². The fraction of sp³-hybridized carbons (Fsp3) is 0.421. The molecular weight excluding hydrogens is 401 g/mol. The summed E-state index contributed by atoms with van der Waals surface area (Å²) in [5, 5.41) is 7.49. The van der Waals surface area contributed by atoms with Crippen molar-refractivity contribution in [2.24, 2.45) is 0 Å². The quantitative estimate of drug-likeness (QED) is 0.676. The molecule has 1 aromatic carbocycles. The average molecular weight is 422 g/mol. The van der Waals surface area contributed by atoms with Crippen molar-refractivity contribution in [3.05, 3.63) is 36.3 Å². The largest absolute Gasteiger partial charge is 0.497 e. The van der Waals surface area contributed by atoms with Crippen LogP contribution in [0.4, 0.5) is 24.7 Å². The minimum absolute atomic E-state index is 0.0662. The van der Waals surface area contributed by atoms with E-state index in [2.05, 4.69) is 20.4 Å². The third-order valence-electron chi connectivity index (χ3n) is 5.06. The molecule has 3 aromatic rings. The summed E-state index contributed by atoms with van der Waals surface area (Å²) < 4.78 is 51.6. The second kappa shape index (κ2) is 7.88. The van der Waals surface area contributed by atoms with Crippen LogP contribution in [0.5, 0.6) is 11.5 Å². The third kappa shape index (κ3) is 4.05. The molecule has 0 spiro atoms. The lowest BCUT2D eigenvalue weighted by Gasteiger charge is -2.34. The van der Waals surface area contributed by atoms with Crippen molar-refractivity contribution in [3.63, 3.8) is 0 Å². The molecule has 0 radical (unpaired) electrons. The number of fused-ring (bicyclic) bond motifs is 1. The van der Waals surface area contributed by atoms with E-state index in [0.717, 1.165) is 24.6 Å². The first kappa shape index (κ1) is 20.0. The van der Waals surface area contributed by atoms with E-state index in [0.29, 0.717) is 30.4 Å². The van der Waals surface area contributed by atoms with Gasteiger partial charge in [0.25, 0.3) is 5.78 Å². The highest BCUT2D eigenvalue weighted by Gasteiger charge is 2.35. The van der Waals surface area contributed by atoms with Gasteiger partial charge in [0, 0.05) is 49.1 Å². The van der Waals surface area contributed by atoms with Gasteiger partial charge in [0.2, 0.25) is 0 Å². The zero-order chi connectivity index (χ0) is 21.3. The molecule has 1 fully saturated rings. The van der Waals surface area contributed by atoms with E-state index in [9.17, 15) is 13.2 Å². The molecule has 30 heavy (non-hydrogen) atoms. The standard InChI is InChI=1S/C19H21F3N6O2/c1-29-14-7-13(8-15(9-14)30-2)25-12-3-5-27(6-4-12)17-10-16(19(20,21)22)26-18-23-11-24-28(17)18/h7-12,25H,3-6H2,1-2H3. The predicted molar refractivity (Wildman–Crippen MR) is 104 cm³/mol. The van der Waals surface area contributed by atoms with Gasteiger partial charge in [0.05, 0.1) is 14.2 Å². The highest BCUT2D eigenvalue weighted by atomic mass is 19.4. The summed E-state index contributed by atoms with van der Waals surface area (Å²) in [6.45, 7) is 1.13. The molecule has 2 aromatic heterocycles. The summed E-state index contributed by atoms with van der Waals surface area (Å²) in [4.78, 5) is 9.27. The Morgan fingerprint density at radius 3 is 2.30 bits per heavy atom. The van der Waals surface area contributed by atoms with Crippen LogP contribution in [0.3, 0.4) is 0 Å². The van der Waals surface area contributed by atoms with Gasteiger partial charge in [0.1, 0.15) is 23.6 Å². The zero-order valence-corrected chi connectivity index (χ0v) is 16.5. The van der Waals surface area contributed by atoms with Crippen molar-refractivity contribution in [2.45, 2.75) is 25.1 Å². The monoisotopic (exact) mass is 422 g/mol. The van der Waals surface area contributed by atoms with Gasteiger partial charge in [-0.1, -0.05) is 0 Å². The predicted octanol–water partition coefficient (Wildman–Crippen LogP) is 3.24. The molecule has 160 valence electrons. The summed E-state index contributed by atoms with van der Waals surface area (Å²) in [5.41, 5.74) is -0.103. The molecule has 0 atom stereocenters. The first-order chi connectivity index (χ1) is 14.4. The lowest BCUT2D eigenvalue weighted by molar-refractivity contribution is -0.141. The molecular formula is C19H21F3N6O2. The van der Waals surface area contributed by atoms with Gasteiger partial charge in [-0.15, -0.1) is 0 Å². The van der Waals surface area contributed by atoms with Crippen molar-refractivity contribution >= 4 is 17.3 Å². The highest BCUT2D eigenvalue weighted by molar-refractivity contribution is 5.55. The van der Waals surface area contributed by atoms with Crippen molar-refractivity contribution in [2.75, 3.05) is 37.5 Å². The van der Waals surface area contributed by atoms with Gasteiger partial charge in [-0.25, -0.2) is 4.98 Å². The smallest absolute Gasteiger partial charge is 0.433 e. The highest BCUT2D eigenvalue weighted by Crippen LogP contribution is 2.32. The molecule has 1 saturated heterocycles. The van der Waals surface area contributed by atoms with Crippen LogP contribution in [0.25, 0.3) is 5.78 Å². The molecule has 0 bridgehead atoms. The second-order valence-corrected chi connectivity index (χ2v) is 6.98. The van der Waals surface area contributed by atoms with Crippen molar-refractivity contribution < 1.29 is 22.6 Å². The van der Waals surface area contributed by atoms with Crippen LogP contribution >= 0.6 is 0 Å².